The number of carbonyl (C=O) groups is 1. The third-order valence-electron chi connectivity index (χ3n) is 3.00. The van der Waals surface area contributed by atoms with E-state index >= 15 is 0 Å². The number of hydrogen-bond acceptors (Lipinski definition) is 5. The molecule has 1 unspecified atom stereocenters. The Morgan fingerprint density at radius 3 is 2.45 bits per heavy atom. The van der Waals surface area contributed by atoms with Gasteiger partial charge in [-0.1, -0.05) is 27.2 Å². The number of nitrogens with zero attached hydrogens (tertiary/aromatic N) is 1. The van der Waals surface area contributed by atoms with E-state index in [9.17, 15) is 13.2 Å². The van der Waals surface area contributed by atoms with Crippen molar-refractivity contribution in [3.8, 4) is 0 Å². The van der Waals surface area contributed by atoms with Gasteiger partial charge in [0.2, 0.25) is 10.0 Å². The highest BCUT2D eigenvalue weighted by molar-refractivity contribution is 7.89. The first kappa shape index (κ1) is 16.6. The summed E-state index contributed by atoms with van der Waals surface area (Å²) in [6.07, 6.45) is 0.787. The topological polar surface area (TPSA) is 115 Å². The first-order valence-corrected chi connectivity index (χ1v) is 8.04. The summed E-state index contributed by atoms with van der Waals surface area (Å²) < 4.78 is 28.5. The largest absolute Gasteiger partial charge is 0.458 e. The zero-order valence-corrected chi connectivity index (χ0v) is 13.0. The summed E-state index contributed by atoms with van der Waals surface area (Å²) in [5, 5.41) is 11.5. The summed E-state index contributed by atoms with van der Waals surface area (Å²) in [6.45, 7) is 7.41. The number of rotatable bonds is 6. The molecule has 0 fully saturated rings. The quantitative estimate of drug-likeness (QED) is 0.766. The van der Waals surface area contributed by atoms with Gasteiger partial charge in [-0.2, -0.15) is 5.10 Å². The van der Waals surface area contributed by atoms with Crippen LogP contribution in [0.15, 0.2) is 4.90 Å². The number of nitrogens with two attached hydrogens (primary N) is 1. The number of aromatic nitrogens is 2. The molecule has 1 aromatic rings. The Balaban J connectivity index is 3.16. The Hall–Kier alpha value is -1.41. The number of esters is 1. The Kier molecular flexibility index (Phi) is 5.29. The lowest BCUT2D eigenvalue weighted by molar-refractivity contribution is 0.0226. The Labute approximate surface area is 118 Å². The van der Waals surface area contributed by atoms with Crippen molar-refractivity contribution < 1.29 is 17.9 Å². The molecule has 0 radical (unpaired) electrons. The Bertz CT molecular complexity index is 578. The first-order chi connectivity index (χ1) is 9.18. The smallest absolute Gasteiger partial charge is 0.360 e. The van der Waals surface area contributed by atoms with Crippen LogP contribution in [-0.4, -0.2) is 30.7 Å². The summed E-state index contributed by atoms with van der Waals surface area (Å²) in [6, 6.07) is 0. The number of aromatic amines is 1. The molecular weight excluding hydrogens is 282 g/mol. The average Bonchev–Trinajstić information content (AvgIpc) is 2.72. The van der Waals surface area contributed by atoms with Crippen molar-refractivity contribution in [1.82, 2.24) is 10.2 Å². The normalized spacial score (nSPS) is 13.5. The number of aryl methyl sites for hydroxylation is 1. The van der Waals surface area contributed by atoms with Crippen molar-refractivity contribution >= 4 is 16.0 Å². The number of primary sulfonamides is 1. The van der Waals surface area contributed by atoms with Crippen LogP contribution in [0.25, 0.3) is 0 Å². The van der Waals surface area contributed by atoms with Gasteiger partial charge in [0.05, 0.1) is 5.69 Å². The van der Waals surface area contributed by atoms with Crippen LogP contribution >= 0.6 is 0 Å². The molecule has 3 N–H and O–H groups in total. The van der Waals surface area contributed by atoms with Crippen LogP contribution in [-0.2, 0) is 21.2 Å². The molecule has 1 aromatic heterocycles. The van der Waals surface area contributed by atoms with Gasteiger partial charge in [-0.25, -0.2) is 18.4 Å². The minimum Gasteiger partial charge on any atom is -0.458 e. The molecule has 0 aliphatic heterocycles. The fraction of sp³-hybridized carbons (Fsp3) is 0.667. The first-order valence-electron chi connectivity index (χ1n) is 6.49. The van der Waals surface area contributed by atoms with E-state index in [-0.39, 0.29) is 22.6 Å². The molecule has 1 atom stereocenters. The molecule has 0 aliphatic rings. The summed E-state index contributed by atoms with van der Waals surface area (Å²) in [7, 11) is -4.04. The predicted octanol–water partition coefficient (Wildman–Crippen LogP) is 1.21. The van der Waals surface area contributed by atoms with Crippen molar-refractivity contribution in [3.05, 3.63) is 11.4 Å². The van der Waals surface area contributed by atoms with E-state index in [2.05, 4.69) is 10.2 Å². The Morgan fingerprint density at radius 1 is 1.40 bits per heavy atom. The monoisotopic (exact) mass is 303 g/mol. The van der Waals surface area contributed by atoms with Crippen molar-refractivity contribution in [2.75, 3.05) is 0 Å². The summed E-state index contributed by atoms with van der Waals surface area (Å²) in [5.74, 6) is -0.667. The zero-order valence-electron chi connectivity index (χ0n) is 12.1. The minimum absolute atomic E-state index is 0.117. The van der Waals surface area contributed by atoms with E-state index in [0.29, 0.717) is 18.5 Å². The molecule has 0 amide bonds. The van der Waals surface area contributed by atoms with Crippen molar-refractivity contribution in [2.45, 2.75) is 51.5 Å². The molecule has 1 rings (SSSR count). The van der Waals surface area contributed by atoms with Crippen LogP contribution in [0.4, 0.5) is 0 Å². The van der Waals surface area contributed by atoms with Gasteiger partial charge in [-0.15, -0.1) is 0 Å². The maximum atomic E-state index is 12.0. The number of H-pyrrole nitrogens is 1. The number of nitrogens with one attached hydrogen (secondary N) is 1. The second kappa shape index (κ2) is 6.36. The number of sulfonamides is 1. The molecule has 114 valence electrons. The SMILES string of the molecule is CCCc1[nH]nc(C(=O)OC(C)C(C)C)c1S(N)(=O)=O. The van der Waals surface area contributed by atoms with Crippen LogP contribution in [0.3, 0.4) is 0 Å². The van der Waals surface area contributed by atoms with E-state index in [1.165, 1.54) is 0 Å². The standard InChI is InChI=1S/C12H21N3O4S/c1-5-6-9-11(20(13,17)18)10(15-14-9)12(16)19-8(4)7(2)3/h7-8H,5-6H2,1-4H3,(H,14,15)(H2,13,17,18). The van der Waals surface area contributed by atoms with Gasteiger partial charge in [0, 0.05) is 0 Å². The van der Waals surface area contributed by atoms with E-state index in [1.54, 1.807) is 6.92 Å². The van der Waals surface area contributed by atoms with Crippen molar-refractivity contribution in [1.29, 1.82) is 0 Å². The molecule has 0 aliphatic carbocycles. The fourth-order valence-electron chi connectivity index (χ4n) is 1.59. The average molecular weight is 303 g/mol. The van der Waals surface area contributed by atoms with Gasteiger partial charge in [0.1, 0.15) is 11.0 Å². The fourth-order valence-corrected chi connectivity index (χ4v) is 2.48. The van der Waals surface area contributed by atoms with E-state index in [4.69, 9.17) is 9.88 Å². The van der Waals surface area contributed by atoms with Crippen LogP contribution in [0, 0.1) is 5.92 Å². The molecule has 0 spiro atoms. The highest BCUT2D eigenvalue weighted by atomic mass is 32.2. The summed E-state index contributed by atoms with van der Waals surface area (Å²) in [5.41, 5.74) is 0.0580. The van der Waals surface area contributed by atoms with Gasteiger partial charge < -0.3 is 4.74 Å². The number of carbonyl (C=O) groups excluding carboxylic acids is 1. The molecule has 0 saturated carbocycles. The molecular formula is C12H21N3O4S. The second-order valence-corrected chi connectivity index (χ2v) is 6.53. The highest BCUT2D eigenvalue weighted by Crippen LogP contribution is 2.20. The molecule has 0 bridgehead atoms. The third-order valence-corrected chi connectivity index (χ3v) is 4.01. The third kappa shape index (κ3) is 3.80. The van der Waals surface area contributed by atoms with Crippen LogP contribution in [0.5, 0.6) is 0 Å². The number of hydrogen-bond donors (Lipinski definition) is 2. The van der Waals surface area contributed by atoms with Gasteiger partial charge in [-0.3, -0.25) is 5.10 Å². The molecule has 0 aromatic carbocycles. The van der Waals surface area contributed by atoms with Crippen molar-refractivity contribution in [2.24, 2.45) is 11.1 Å². The lowest BCUT2D eigenvalue weighted by Gasteiger charge is -2.15. The summed E-state index contributed by atoms with van der Waals surface area (Å²) >= 11 is 0. The van der Waals surface area contributed by atoms with Gasteiger partial charge in [-0.05, 0) is 19.3 Å². The predicted molar refractivity (Wildman–Crippen MR) is 73.7 cm³/mol. The van der Waals surface area contributed by atoms with Crippen LogP contribution < -0.4 is 5.14 Å². The maximum Gasteiger partial charge on any atom is 0.360 e. The molecule has 8 heteroatoms. The van der Waals surface area contributed by atoms with Gasteiger partial charge in [0.15, 0.2) is 5.69 Å². The van der Waals surface area contributed by atoms with E-state index < -0.39 is 16.0 Å². The maximum absolute atomic E-state index is 12.0. The van der Waals surface area contributed by atoms with Gasteiger partial charge in [0.25, 0.3) is 0 Å². The minimum atomic E-state index is -4.04. The lowest BCUT2D eigenvalue weighted by Crippen LogP contribution is -2.23. The zero-order chi connectivity index (χ0) is 15.5. The molecule has 0 saturated heterocycles. The molecule has 7 nitrogen and oxygen atoms in total. The second-order valence-electron chi connectivity index (χ2n) is 5.03. The van der Waals surface area contributed by atoms with E-state index in [1.807, 2.05) is 20.8 Å². The van der Waals surface area contributed by atoms with Gasteiger partial charge >= 0.3 is 5.97 Å². The number of ether oxygens (including phenoxy) is 1. The molecule has 1 heterocycles. The molecule has 20 heavy (non-hydrogen) atoms. The summed E-state index contributed by atoms with van der Waals surface area (Å²) in [4.78, 5) is 11.8. The van der Waals surface area contributed by atoms with Crippen LogP contribution in [0.1, 0.15) is 50.3 Å². The van der Waals surface area contributed by atoms with Crippen molar-refractivity contribution in [3.63, 3.8) is 0 Å². The lowest BCUT2D eigenvalue weighted by atomic mass is 10.1. The highest BCUT2D eigenvalue weighted by Gasteiger charge is 2.29. The Morgan fingerprint density at radius 2 is 2.00 bits per heavy atom. The van der Waals surface area contributed by atoms with E-state index in [0.717, 1.165) is 0 Å². The van der Waals surface area contributed by atoms with Crippen LogP contribution in [0.2, 0.25) is 0 Å².